The van der Waals surface area contributed by atoms with Gasteiger partial charge in [0.1, 0.15) is 0 Å². The second-order valence-corrected chi connectivity index (χ2v) is 3.72. The minimum Gasteiger partial charge on any atom is -0.397 e. The van der Waals surface area contributed by atoms with Crippen molar-refractivity contribution in [2.45, 2.75) is 20.3 Å². The van der Waals surface area contributed by atoms with E-state index in [2.05, 4.69) is 11.8 Å². The maximum absolute atomic E-state index is 9.00. The number of aliphatic hydroxyl groups excluding tert-OH is 1. The molecular formula is C12H20N2O. The molecule has 0 fully saturated rings. The Morgan fingerprint density at radius 2 is 2.07 bits per heavy atom. The van der Waals surface area contributed by atoms with Gasteiger partial charge >= 0.3 is 0 Å². The first-order valence-electron chi connectivity index (χ1n) is 5.41. The Morgan fingerprint density at radius 1 is 1.33 bits per heavy atom. The van der Waals surface area contributed by atoms with E-state index < -0.39 is 0 Å². The molecule has 3 heteroatoms. The predicted molar refractivity (Wildman–Crippen MR) is 65.2 cm³/mol. The summed E-state index contributed by atoms with van der Waals surface area (Å²) in [6.07, 6.45) is 1.05. The molecule has 0 aromatic heterocycles. The third-order valence-electron chi connectivity index (χ3n) is 2.51. The molecule has 0 bridgehead atoms. The molecule has 84 valence electrons. The van der Waals surface area contributed by atoms with Crippen LogP contribution < -0.4 is 10.6 Å². The van der Waals surface area contributed by atoms with Crippen LogP contribution in [0.5, 0.6) is 0 Å². The lowest BCUT2D eigenvalue weighted by atomic mass is 10.1. The third kappa shape index (κ3) is 2.86. The zero-order chi connectivity index (χ0) is 11.3. The fourth-order valence-corrected chi connectivity index (χ4v) is 1.68. The normalized spacial score (nSPS) is 10.3. The summed E-state index contributed by atoms with van der Waals surface area (Å²) >= 11 is 0. The topological polar surface area (TPSA) is 49.5 Å². The van der Waals surface area contributed by atoms with E-state index in [1.165, 1.54) is 0 Å². The van der Waals surface area contributed by atoms with Crippen molar-refractivity contribution in [1.29, 1.82) is 0 Å². The highest BCUT2D eigenvalue weighted by atomic mass is 16.3. The minimum atomic E-state index is 0.160. The highest BCUT2D eigenvalue weighted by Gasteiger charge is 2.09. The van der Waals surface area contributed by atoms with Crippen LogP contribution in [0.4, 0.5) is 11.4 Å². The Hall–Kier alpha value is -1.22. The Labute approximate surface area is 91.5 Å². The zero-order valence-corrected chi connectivity index (χ0v) is 9.53. The van der Waals surface area contributed by atoms with Gasteiger partial charge in [-0.15, -0.1) is 0 Å². The molecule has 0 unspecified atom stereocenters. The quantitative estimate of drug-likeness (QED) is 0.725. The summed E-state index contributed by atoms with van der Waals surface area (Å²) in [6, 6.07) is 6.01. The van der Waals surface area contributed by atoms with Gasteiger partial charge in [-0.3, -0.25) is 0 Å². The van der Waals surface area contributed by atoms with E-state index in [1.54, 1.807) is 0 Å². The number of rotatable bonds is 5. The van der Waals surface area contributed by atoms with Gasteiger partial charge in [-0.05, 0) is 25.0 Å². The summed E-state index contributed by atoms with van der Waals surface area (Å²) in [5.41, 5.74) is 8.96. The van der Waals surface area contributed by atoms with Crippen LogP contribution in [-0.4, -0.2) is 24.8 Å². The summed E-state index contributed by atoms with van der Waals surface area (Å²) < 4.78 is 0. The molecule has 3 nitrogen and oxygen atoms in total. The molecule has 0 radical (unpaired) electrons. The first-order chi connectivity index (χ1) is 7.20. The molecule has 0 saturated heterocycles. The highest BCUT2D eigenvalue weighted by Crippen LogP contribution is 2.25. The van der Waals surface area contributed by atoms with Crippen molar-refractivity contribution in [3.05, 3.63) is 23.8 Å². The number of aliphatic hydroxyl groups is 1. The summed E-state index contributed by atoms with van der Waals surface area (Å²) in [5.74, 6) is 0. The van der Waals surface area contributed by atoms with Crippen molar-refractivity contribution < 1.29 is 5.11 Å². The molecular weight excluding hydrogens is 188 g/mol. The van der Waals surface area contributed by atoms with Gasteiger partial charge in [-0.2, -0.15) is 0 Å². The summed E-state index contributed by atoms with van der Waals surface area (Å²) in [7, 11) is 0. The van der Waals surface area contributed by atoms with Crippen LogP contribution in [0.3, 0.4) is 0 Å². The maximum atomic E-state index is 9.00. The number of hydrogen-bond donors (Lipinski definition) is 2. The first-order valence-corrected chi connectivity index (χ1v) is 5.41. The van der Waals surface area contributed by atoms with Crippen LogP contribution >= 0.6 is 0 Å². The zero-order valence-electron chi connectivity index (χ0n) is 9.53. The number of hydrogen-bond acceptors (Lipinski definition) is 3. The van der Waals surface area contributed by atoms with E-state index in [0.717, 1.165) is 29.9 Å². The number of benzene rings is 1. The second kappa shape index (κ2) is 5.61. The van der Waals surface area contributed by atoms with Crippen LogP contribution in [0.15, 0.2) is 18.2 Å². The van der Waals surface area contributed by atoms with Crippen molar-refractivity contribution >= 4 is 11.4 Å². The predicted octanol–water partition coefficient (Wildman–Crippen LogP) is 1.79. The lowest BCUT2D eigenvalue weighted by Crippen LogP contribution is -2.28. The monoisotopic (exact) mass is 208 g/mol. The van der Waals surface area contributed by atoms with E-state index in [0.29, 0.717) is 6.54 Å². The Kier molecular flexibility index (Phi) is 4.43. The Morgan fingerprint density at radius 3 is 2.67 bits per heavy atom. The van der Waals surface area contributed by atoms with Crippen LogP contribution in [0.25, 0.3) is 0 Å². The van der Waals surface area contributed by atoms with E-state index in [-0.39, 0.29) is 6.61 Å². The van der Waals surface area contributed by atoms with Crippen molar-refractivity contribution in [2.24, 2.45) is 0 Å². The van der Waals surface area contributed by atoms with Crippen molar-refractivity contribution in [3.63, 3.8) is 0 Å². The second-order valence-electron chi connectivity index (χ2n) is 3.72. The standard InChI is InChI=1S/C12H20N2O/c1-3-7-14(8-9-15)11-6-4-5-10(2)12(11)13/h4-6,15H,3,7-9,13H2,1-2H3. The van der Waals surface area contributed by atoms with E-state index in [4.69, 9.17) is 10.8 Å². The Balaban J connectivity index is 2.94. The fraction of sp³-hybridized carbons (Fsp3) is 0.500. The lowest BCUT2D eigenvalue weighted by molar-refractivity contribution is 0.302. The summed E-state index contributed by atoms with van der Waals surface area (Å²) in [6.45, 7) is 5.85. The molecule has 0 spiro atoms. The van der Waals surface area contributed by atoms with Crippen molar-refractivity contribution in [2.75, 3.05) is 30.3 Å². The lowest BCUT2D eigenvalue weighted by Gasteiger charge is -2.25. The average molecular weight is 208 g/mol. The van der Waals surface area contributed by atoms with Crippen molar-refractivity contribution in [1.82, 2.24) is 0 Å². The van der Waals surface area contributed by atoms with Gasteiger partial charge < -0.3 is 15.7 Å². The molecule has 0 heterocycles. The molecule has 0 aliphatic carbocycles. The number of aryl methyl sites for hydroxylation is 1. The first kappa shape index (κ1) is 11.9. The van der Waals surface area contributed by atoms with Gasteiger partial charge in [0, 0.05) is 13.1 Å². The van der Waals surface area contributed by atoms with E-state index in [9.17, 15) is 0 Å². The average Bonchev–Trinajstić information content (AvgIpc) is 2.22. The summed E-state index contributed by atoms with van der Waals surface area (Å²) in [4.78, 5) is 2.13. The molecule has 1 aromatic carbocycles. The molecule has 0 amide bonds. The van der Waals surface area contributed by atoms with E-state index >= 15 is 0 Å². The van der Waals surface area contributed by atoms with Crippen LogP contribution in [0, 0.1) is 6.92 Å². The molecule has 0 atom stereocenters. The van der Waals surface area contributed by atoms with Crippen LogP contribution in [0.1, 0.15) is 18.9 Å². The molecule has 1 aromatic rings. The molecule has 15 heavy (non-hydrogen) atoms. The molecule has 0 saturated carbocycles. The number of nitrogens with zero attached hydrogens (tertiary/aromatic N) is 1. The van der Waals surface area contributed by atoms with Gasteiger partial charge in [0.2, 0.25) is 0 Å². The number of nitrogen functional groups attached to an aromatic ring is 1. The van der Waals surface area contributed by atoms with E-state index in [1.807, 2.05) is 25.1 Å². The van der Waals surface area contributed by atoms with Crippen LogP contribution in [0.2, 0.25) is 0 Å². The molecule has 0 aliphatic heterocycles. The minimum absolute atomic E-state index is 0.160. The molecule has 1 rings (SSSR count). The van der Waals surface area contributed by atoms with Gasteiger partial charge in [0.15, 0.2) is 0 Å². The largest absolute Gasteiger partial charge is 0.397 e. The highest BCUT2D eigenvalue weighted by molar-refractivity contribution is 5.70. The molecule has 3 N–H and O–H groups in total. The third-order valence-corrected chi connectivity index (χ3v) is 2.51. The number of para-hydroxylation sites is 1. The van der Waals surface area contributed by atoms with Crippen LogP contribution in [-0.2, 0) is 0 Å². The molecule has 0 aliphatic rings. The number of nitrogens with two attached hydrogens (primary N) is 1. The Bertz CT molecular complexity index is 306. The van der Waals surface area contributed by atoms with Gasteiger partial charge in [0.05, 0.1) is 18.0 Å². The SMILES string of the molecule is CCCN(CCO)c1cccc(C)c1N. The van der Waals surface area contributed by atoms with Gasteiger partial charge in [-0.25, -0.2) is 0 Å². The van der Waals surface area contributed by atoms with Crippen molar-refractivity contribution in [3.8, 4) is 0 Å². The summed E-state index contributed by atoms with van der Waals surface area (Å²) in [5, 5.41) is 9.00. The maximum Gasteiger partial charge on any atom is 0.0606 e. The number of anilines is 2. The fourth-order valence-electron chi connectivity index (χ4n) is 1.68. The van der Waals surface area contributed by atoms with Gasteiger partial charge in [-0.1, -0.05) is 19.1 Å². The van der Waals surface area contributed by atoms with Gasteiger partial charge in [0.25, 0.3) is 0 Å². The smallest absolute Gasteiger partial charge is 0.0606 e.